The van der Waals surface area contributed by atoms with Crippen molar-refractivity contribution in [2.24, 2.45) is 17.6 Å². The number of ether oxygens (including phenoxy) is 2. The normalized spacial score (nSPS) is 16.0. The van der Waals surface area contributed by atoms with Crippen LogP contribution in [0.3, 0.4) is 0 Å². The highest BCUT2D eigenvalue weighted by molar-refractivity contribution is 5.96. The van der Waals surface area contributed by atoms with Crippen LogP contribution in [0.5, 0.6) is 5.75 Å². The first-order valence-electron chi connectivity index (χ1n) is 14.5. The number of amides is 2. The molecule has 0 bridgehead atoms. The zero-order chi connectivity index (χ0) is 29.0. The number of aliphatic hydroxyl groups is 1. The lowest BCUT2D eigenvalue weighted by Crippen LogP contribution is -2.53. The van der Waals surface area contributed by atoms with Crippen molar-refractivity contribution in [3.8, 4) is 5.75 Å². The molecule has 1 aliphatic rings. The lowest BCUT2D eigenvalue weighted by molar-refractivity contribution is -0.130. The maximum absolute atomic E-state index is 13.1. The van der Waals surface area contributed by atoms with E-state index >= 15 is 0 Å². The van der Waals surface area contributed by atoms with Gasteiger partial charge in [-0.05, 0) is 61.6 Å². The van der Waals surface area contributed by atoms with Crippen LogP contribution in [0.1, 0.15) is 68.3 Å². The molecule has 2 aromatic rings. The predicted octanol–water partition coefficient (Wildman–Crippen LogP) is 4.23. The minimum atomic E-state index is -0.888. The number of carbonyl (C=O) groups is 2. The molecule has 0 spiro atoms. The molecule has 41 heavy (non-hydrogen) atoms. The Bertz CT molecular complexity index is 1060. The van der Waals surface area contributed by atoms with Gasteiger partial charge in [-0.15, -0.1) is 12.4 Å². The number of hydrogen-bond acceptors (Lipinski definition) is 6. The van der Waals surface area contributed by atoms with Crippen molar-refractivity contribution in [2.75, 3.05) is 33.4 Å². The largest absolute Gasteiger partial charge is 0.493 e. The molecule has 2 aromatic carbocycles. The van der Waals surface area contributed by atoms with Gasteiger partial charge in [0.2, 0.25) is 5.91 Å². The third-order valence-electron chi connectivity index (χ3n) is 8.11. The van der Waals surface area contributed by atoms with Crippen molar-refractivity contribution in [1.82, 2.24) is 10.6 Å². The highest BCUT2D eigenvalue weighted by Gasteiger charge is 2.45. The van der Waals surface area contributed by atoms with Crippen LogP contribution >= 0.6 is 12.4 Å². The number of nitrogens with two attached hydrogens (primary N) is 1. The van der Waals surface area contributed by atoms with Gasteiger partial charge in [0.25, 0.3) is 5.91 Å². The molecule has 3 rings (SSSR count). The Hall–Kier alpha value is -2.65. The molecule has 0 aromatic heterocycles. The van der Waals surface area contributed by atoms with Crippen molar-refractivity contribution < 1.29 is 24.2 Å². The third-order valence-corrected chi connectivity index (χ3v) is 8.11. The van der Waals surface area contributed by atoms with E-state index in [2.05, 4.69) is 24.5 Å². The van der Waals surface area contributed by atoms with Gasteiger partial charge in [0.1, 0.15) is 5.75 Å². The number of para-hydroxylation sites is 1. The van der Waals surface area contributed by atoms with E-state index < -0.39 is 17.6 Å². The number of hydrogen-bond donors (Lipinski definition) is 4. The second-order valence-electron chi connectivity index (χ2n) is 11.2. The van der Waals surface area contributed by atoms with Gasteiger partial charge >= 0.3 is 0 Å². The molecule has 1 fully saturated rings. The van der Waals surface area contributed by atoms with Gasteiger partial charge in [-0.25, -0.2) is 0 Å². The van der Waals surface area contributed by atoms with Crippen molar-refractivity contribution in [2.45, 2.75) is 69.9 Å². The van der Waals surface area contributed by atoms with Crippen LogP contribution < -0.4 is 21.1 Å². The molecule has 0 heterocycles. The van der Waals surface area contributed by atoms with Gasteiger partial charge < -0.3 is 30.9 Å². The summed E-state index contributed by atoms with van der Waals surface area (Å²) in [4.78, 5) is 26.2. The Morgan fingerprint density at radius 3 is 2.27 bits per heavy atom. The summed E-state index contributed by atoms with van der Waals surface area (Å²) in [6.07, 6.45) is 3.98. The molecule has 1 aliphatic carbocycles. The second kappa shape index (κ2) is 17.3. The average molecular weight is 590 g/mol. The minimum Gasteiger partial charge on any atom is -0.493 e. The van der Waals surface area contributed by atoms with E-state index in [0.717, 1.165) is 37.7 Å². The summed E-state index contributed by atoms with van der Waals surface area (Å²) in [5, 5.41) is 16.8. The molecule has 9 heteroatoms. The van der Waals surface area contributed by atoms with Crippen LogP contribution in [0.2, 0.25) is 0 Å². The first-order chi connectivity index (χ1) is 19.3. The van der Waals surface area contributed by atoms with Gasteiger partial charge in [0.15, 0.2) is 0 Å². The van der Waals surface area contributed by atoms with Gasteiger partial charge in [-0.2, -0.15) is 0 Å². The fourth-order valence-corrected chi connectivity index (χ4v) is 5.18. The monoisotopic (exact) mass is 589 g/mol. The average Bonchev–Trinajstić information content (AvgIpc) is 2.93. The first kappa shape index (κ1) is 34.6. The van der Waals surface area contributed by atoms with Crippen LogP contribution in [-0.4, -0.2) is 62.5 Å². The third kappa shape index (κ3) is 9.70. The highest BCUT2D eigenvalue weighted by Crippen LogP contribution is 2.43. The molecular formula is C32H48ClN3O5. The summed E-state index contributed by atoms with van der Waals surface area (Å²) in [5.41, 5.74) is 7.40. The Morgan fingerprint density at radius 2 is 1.63 bits per heavy atom. The Morgan fingerprint density at radius 1 is 0.976 bits per heavy atom. The number of methoxy groups -OCH3 is 1. The number of aliphatic hydroxyl groups excluding tert-OH is 1. The van der Waals surface area contributed by atoms with Crippen LogP contribution in [0.25, 0.3) is 0 Å². The number of halogens is 1. The molecule has 8 nitrogen and oxygen atoms in total. The minimum absolute atomic E-state index is 0. The number of carbonyl (C=O) groups excluding carboxylic acids is 2. The summed E-state index contributed by atoms with van der Waals surface area (Å²) >= 11 is 0. The van der Waals surface area contributed by atoms with Gasteiger partial charge in [-0.1, -0.05) is 62.7 Å². The van der Waals surface area contributed by atoms with E-state index in [1.807, 2.05) is 42.5 Å². The van der Waals surface area contributed by atoms with E-state index in [1.165, 1.54) is 0 Å². The smallest absolute Gasteiger partial charge is 0.255 e. The Balaban J connectivity index is 0.00000588. The molecule has 5 N–H and O–H groups in total. The van der Waals surface area contributed by atoms with Crippen molar-refractivity contribution in [3.05, 3.63) is 65.7 Å². The fraction of sp³-hybridized carbons (Fsp3) is 0.562. The van der Waals surface area contributed by atoms with Crippen molar-refractivity contribution >= 4 is 24.2 Å². The molecule has 3 atom stereocenters. The summed E-state index contributed by atoms with van der Waals surface area (Å²) in [6, 6.07) is 16.5. The SMILES string of the molecule is COCCCCOc1ccccc1C(=O)NC[C@@H](C[C@H](N)[C@@H](O)CNC(=O)C1(c2ccccc2)CCC1)C(C)C.Cl. The topological polar surface area (TPSA) is 123 Å². The maximum atomic E-state index is 13.1. The maximum Gasteiger partial charge on any atom is 0.255 e. The van der Waals surface area contributed by atoms with Crippen LogP contribution in [-0.2, 0) is 14.9 Å². The van der Waals surface area contributed by atoms with Crippen LogP contribution in [0.15, 0.2) is 54.6 Å². The Labute approximate surface area is 251 Å². The Kier molecular flexibility index (Phi) is 14.6. The van der Waals surface area contributed by atoms with Crippen LogP contribution in [0, 0.1) is 11.8 Å². The van der Waals surface area contributed by atoms with Gasteiger partial charge in [0, 0.05) is 32.8 Å². The van der Waals surface area contributed by atoms with Gasteiger partial charge in [0.05, 0.1) is 23.7 Å². The lowest BCUT2D eigenvalue weighted by atomic mass is 9.64. The van der Waals surface area contributed by atoms with Gasteiger partial charge in [-0.3, -0.25) is 9.59 Å². The number of nitrogens with one attached hydrogen (secondary N) is 2. The predicted molar refractivity (Wildman–Crippen MR) is 165 cm³/mol. The van der Waals surface area contributed by atoms with E-state index in [1.54, 1.807) is 19.2 Å². The zero-order valence-corrected chi connectivity index (χ0v) is 25.5. The van der Waals surface area contributed by atoms with E-state index in [0.29, 0.717) is 37.5 Å². The highest BCUT2D eigenvalue weighted by atomic mass is 35.5. The van der Waals surface area contributed by atoms with Crippen molar-refractivity contribution in [1.29, 1.82) is 0 Å². The molecule has 0 radical (unpaired) electrons. The van der Waals surface area contributed by atoms with E-state index in [-0.39, 0.29) is 42.6 Å². The summed E-state index contributed by atoms with van der Waals surface area (Å²) in [6.45, 7) is 5.87. The van der Waals surface area contributed by atoms with E-state index in [9.17, 15) is 14.7 Å². The number of rotatable bonds is 17. The fourth-order valence-electron chi connectivity index (χ4n) is 5.18. The van der Waals surface area contributed by atoms with Crippen LogP contribution in [0.4, 0.5) is 0 Å². The molecule has 0 saturated heterocycles. The standard InChI is InChI=1S/C32H47N3O5.ClH/c1-23(2)24(21-34-30(37)26-14-7-8-15-29(26)40-19-10-9-18-39-3)20-27(33)28(36)22-35-31(38)32(16-11-17-32)25-12-5-4-6-13-25;/h4-8,12-15,23-24,27-28,36H,9-11,16-22,33H2,1-3H3,(H,34,37)(H,35,38);1H/t24-,27+,28+;/m1./s1. The molecule has 0 aliphatic heterocycles. The lowest BCUT2D eigenvalue weighted by Gasteiger charge is -2.41. The summed E-state index contributed by atoms with van der Waals surface area (Å²) < 4.78 is 10.9. The summed E-state index contributed by atoms with van der Waals surface area (Å²) in [5.74, 6) is 0.585. The number of benzene rings is 2. The molecular weight excluding hydrogens is 542 g/mol. The zero-order valence-electron chi connectivity index (χ0n) is 24.6. The molecule has 1 saturated carbocycles. The molecule has 228 valence electrons. The second-order valence-corrected chi connectivity index (χ2v) is 11.2. The van der Waals surface area contributed by atoms with E-state index in [4.69, 9.17) is 15.2 Å². The summed E-state index contributed by atoms with van der Waals surface area (Å²) in [7, 11) is 1.67. The molecule has 2 amide bonds. The quantitative estimate of drug-likeness (QED) is 0.205. The molecule has 0 unspecified atom stereocenters. The first-order valence-corrected chi connectivity index (χ1v) is 14.5. The number of unbranched alkanes of at least 4 members (excludes halogenated alkanes) is 1. The van der Waals surface area contributed by atoms with Crippen molar-refractivity contribution in [3.63, 3.8) is 0 Å².